The van der Waals surface area contributed by atoms with Crippen LogP contribution in [0.25, 0.3) is 0 Å². The van der Waals surface area contributed by atoms with Crippen LogP contribution in [-0.2, 0) is 4.79 Å². The quantitative estimate of drug-likeness (QED) is 0.854. The molecule has 1 fully saturated rings. The number of likely N-dealkylation sites (tertiary alicyclic amines) is 1. The number of hydrogen-bond acceptors (Lipinski definition) is 4. The van der Waals surface area contributed by atoms with E-state index in [1.54, 1.807) is 0 Å². The zero-order valence-electron chi connectivity index (χ0n) is 12.1. The number of primary amides is 1. The van der Waals surface area contributed by atoms with Gasteiger partial charge >= 0.3 is 0 Å². The van der Waals surface area contributed by atoms with Gasteiger partial charge in [-0.25, -0.2) is 0 Å². The highest BCUT2D eigenvalue weighted by Gasteiger charge is 2.22. The van der Waals surface area contributed by atoms with Crippen molar-refractivity contribution in [3.05, 3.63) is 24.3 Å². The Kier molecular flexibility index (Phi) is 4.84. The minimum atomic E-state index is -0.465. The van der Waals surface area contributed by atoms with Crippen molar-refractivity contribution in [2.24, 2.45) is 5.73 Å². The third-order valence-electron chi connectivity index (χ3n) is 3.79. The molecule has 5 nitrogen and oxygen atoms in total. The number of benzene rings is 1. The second kappa shape index (κ2) is 6.61. The highest BCUT2D eigenvalue weighted by atomic mass is 16.5. The minimum absolute atomic E-state index is 0.0886. The Morgan fingerprint density at radius 3 is 3.05 bits per heavy atom. The molecule has 20 heavy (non-hydrogen) atoms. The van der Waals surface area contributed by atoms with E-state index in [4.69, 9.17) is 10.5 Å². The van der Waals surface area contributed by atoms with Crippen molar-refractivity contribution >= 4 is 11.6 Å². The molecular weight excluding hydrogens is 254 g/mol. The van der Waals surface area contributed by atoms with Gasteiger partial charge in [-0.15, -0.1) is 0 Å². The Morgan fingerprint density at radius 1 is 1.55 bits per heavy atom. The van der Waals surface area contributed by atoms with Crippen molar-refractivity contribution in [1.82, 2.24) is 4.90 Å². The predicted molar refractivity (Wildman–Crippen MR) is 79.9 cm³/mol. The Labute approximate surface area is 120 Å². The molecule has 5 heteroatoms. The Bertz CT molecular complexity index is 464. The number of anilines is 1. The van der Waals surface area contributed by atoms with Gasteiger partial charge in [-0.05, 0) is 38.9 Å². The van der Waals surface area contributed by atoms with Crippen molar-refractivity contribution in [1.29, 1.82) is 0 Å². The Morgan fingerprint density at radius 2 is 2.35 bits per heavy atom. The van der Waals surface area contributed by atoms with E-state index in [0.29, 0.717) is 17.8 Å². The summed E-state index contributed by atoms with van der Waals surface area (Å²) in [6, 6.07) is 8.73. The van der Waals surface area contributed by atoms with Gasteiger partial charge in [0.2, 0.25) is 0 Å². The highest BCUT2D eigenvalue weighted by molar-refractivity contribution is 5.75. The number of piperidine rings is 1. The molecule has 1 aromatic carbocycles. The summed E-state index contributed by atoms with van der Waals surface area (Å²) in [6.07, 6.45) is 2.26. The molecule has 110 valence electrons. The molecule has 0 aromatic heterocycles. The largest absolute Gasteiger partial charge is 0.484 e. The first kappa shape index (κ1) is 14.7. The van der Waals surface area contributed by atoms with Crippen LogP contribution >= 0.6 is 0 Å². The molecule has 0 saturated carbocycles. The second-order valence-corrected chi connectivity index (χ2v) is 5.48. The van der Waals surface area contributed by atoms with Crippen LogP contribution in [-0.4, -0.2) is 43.1 Å². The first-order chi connectivity index (χ1) is 9.54. The second-order valence-electron chi connectivity index (χ2n) is 5.48. The lowest BCUT2D eigenvalue weighted by molar-refractivity contribution is -0.119. The molecule has 2 atom stereocenters. The maximum Gasteiger partial charge on any atom is 0.255 e. The van der Waals surface area contributed by atoms with Crippen LogP contribution < -0.4 is 15.8 Å². The van der Waals surface area contributed by atoms with E-state index in [2.05, 4.69) is 24.2 Å². The first-order valence-corrected chi connectivity index (χ1v) is 7.02. The number of carbonyl (C=O) groups excluding carboxylic acids is 1. The SMILES string of the molecule is CC1CC(Nc2cccc(OCC(N)=O)c2)CCN1C. The Balaban J connectivity index is 1.92. The maximum absolute atomic E-state index is 10.7. The predicted octanol–water partition coefficient (Wildman–Crippen LogP) is 1.45. The molecule has 2 unspecified atom stereocenters. The van der Waals surface area contributed by atoms with E-state index in [1.807, 2.05) is 24.3 Å². The fourth-order valence-corrected chi connectivity index (χ4v) is 2.49. The van der Waals surface area contributed by atoms with Gasteiger partial charge in [0.1, 0.15) is 5.75 Å². The molecular formula is C15H23N3O2. The first-order valence-electron chi connectivity index (χ1n) is 7.02. The van der Waals surface area contributed by atoms with Gasteiger partial charge < -0.3 is 20.7 Å². The van der Waals surface area contributed by atoms with E-state index < -0.39 is 5.91 Å². The zero-order valence-corrected chi connectivity index (χ0v) is 12.1. The lowest BCUT2D eigenvalue weighted by Gasteiger charge is -2.35. The van der Waals surface area contributed by atoms with Crippen molar-refractivity contribution in [2.45, 2.75) is 31.8 Å². The molecule has 1 heterocycles. The normalized spacial score (nSPS) is 23.3. The number of amides is 1. The lowest BCUT2D eigenvalue weighted by atomic mass is 9.98. The number of carbonyl (C=O) groups is 1. The number of nitrogens with one attached hydrogen (secondary N) is 1. The number of rotatable bonds is 5. The monoisotopic (exact) mass is 277 g/mol. The number of nitrogens with zero attached hydrogens (tertiary/aromatic N) is 1. The summed E-state index contributed by atoms with van der Waals surface area (Å²) in [4.78, 5) is 13.1. The van der Waals surface area contributed by atoms with Gasteiger partial charge in [0, 0.05) is 30.4 Å². The van der Waals surface area contributed by atoms with Crippen molar-refractivity contribution < 1.29 is 9.53 Å². The summed E-state index contributed by atoms with van der Waals surface area (Å²) in [5, 5.41) is 3.54. The van der Waals surface area contributed by atoms with Crippen LogP contribution in [0, 0.1) is 0 Å². The highest BCUT2D eigenvalue weighted by Crippen LogP contribution is 2.22. The standard InChI is InChI=1S/C15H23N3O2/c1-11-8-13(6-7-18(11)2)17-12-4-3-5-14(9-12)20-10-15(16)19/h3-5,9,11,13,17H,6-8,10H2,1-2H3,(H2,16,19). The Hall–Kier alpha value is -1.75. The van der Waals surface area contributed by atoms with Crippen LogP contribution in [0.2, 0.25) is 0 Å². The maximum atomic E-state index is 10.7. The average molecular weight is 277 g/mol. The van der Waals surface area contributed by atoms with Crippen LogP contribution in [0.15, 0.2) is 24.3 Å². The molecule has 1 aromatic rings. The van der Waals surface area contributed by atoms with Crippen molar-refractivity contribution in [2.75, 3.05) is 25.5 Å². The van der Waals surface area contributed by atoms with Gasteiger partial charge in [-0.2, -0.15) is 0 Å². The topological polar surface area (TPSA) is 67.6 Å². The molecule has 0 radical (unpaired) electrons. The molecule has 0 spiro atoms. The van der Waals surface area contributed by atoms with E-state index in [0.717, 1.165) is 25.1 Å². The van der Waals surface area contributed by atoms with E-state index in [-0.39, 0.29) is 6.61 Å². The molecule has 0 bridgehead atoms. The van der Waals surface area contributed by atoms with E-state index in [1.165, 1.54) is 0 Å². The van der Waals surface area contributed by atoms with Gasteiger partial charge in [-0.3, -0.25) is 4.79 Å². The molecule has 1 aliphatic rings. The van der Waals surface area contributed by atoms with Gasteiger partial charge in [0.15, 0.2) is 6.61 Å². The van der Waals surface area contributed by atoms with Crippen LogP contribution in [0.3, 0.4) is 0 Å². The number of nitrogens with two attached hydrogens (primary N) is 1. The van der Waals surface area contributed by atoms with E-state index >= 15 is 0 Å². The molecule has 3 N–H and O–H groups in total. The summed E-state index contributed by atoms with van der Waals surface area (Å²) >= 11 is 0. The molecule has 2 rings (SSSR count). The summed E-state index contributed by atoms with van der Waals surface area (Å²) in [5.41, 5.74) is 6.09. The third-order valence-corrected chi connectivity index (χ3v) is 3.79. The minimum Gasteiger partial charge on any atom is -0.484 e. The summed E-state index contributed by atoms with van der Waals surface area (Å²) in [5.74, 6) is 0.197. The van der Waals surface area contributed by atoms with Crippen molar-refractivity contribution in [3.63, 3.8) is 0 Å². The summed E-state index contributed by atoms with van der Waals surface area (Å²) in [6.45, 7) is 3.27. The summed E-state index contributed by atoms with van der Waals surface area (Å²) < 4.78 is 5.31. The molecule has 1 saturated heterocycles. The number of hydrogen-bond donors (Lipinski definition) is 2. The summed E-state index contributed by atoms with van der Waals surface area (Å²) in [7, 11) is 2.17. The van der Waals surface area contributed by atoms with Crippen LogP contribution in [0.4, 0.5) is 5.69 Å². The van der Waals surface area contributed by atoms with Gasteiger partial charge in [-0.1, -0.05) is 6.07 Å². The fourth-order valence-electron chi connectivity index (χ4n) is 2.49. The number of ether oxygens (including phenoxy) is 1. The molecule has 1 amide bonds. The van der Waals surface area contributed by atoms with Gasteiger partial charge in [0.25, 0.3) is 5.91 Å². The van der Waals surface area contributed by atoms with Crippen molar-refractivity contribution in [3.8, 4) is 5.75 Å². The van der Waals surface area contributed by atoms with E-state index in [9.17, 15) is 4.79 Å². The van der Waals surface area contributed by atoms with Crippen LogP contribution in [0.1, 0.15) is 19.8 Å². The zero-order chi connectivity index (χ0) is 14.5. The average Bonchev–Trinajstić information content (AvgIpc) is 2.41. The van der Waals surface area contributed by atoms with Crippen LogP contribution in [0.5, 0.6) is 5.75 Å². The smallest absolute Gasteiger partial charge is 0.255 e. The molecule has 0 aliphatic carbocycles. The fraction of sp³-hybridized carbons (Fsp3) is 0.533. The molecule has 1 aliphatic heterocycles. The van der Waals surface area contributed by atoms with Gasteiger partial charge in [0.05, 0.1) is 0 Å². The lowest BCUT2D eigenvalue weighted by Crippen LogP contribution is -2.42. The third kappa shape index (κ3) is 4.13.